The molecule has 2 atom stereocenters. The number of benzene rings is 1. The lowest BCUT2D eigenvalue weighted by atomic mass is 9.92. The van der Waals surface area contributed by atoms with Gasteiger partial charge in [0.2, 0.25) is 5.91 Å². The molecule has 1 aromatic rings. The molecule has 2 rings (SSSR count). The summed E-state index contributed by atoms with van der Waals surface area (Å²) in [6.07, 6.45) is 1.89. The fraction of sp³-hybridized carbons (Fsp3) is 0.562. The van der Waals surface area contributed by atoms with Gasteiger partial charge in [-0.15, -0.1) is 0 Å². The van der Waals surface area contributed by atoms with Crippen molar-refractivity contribution in [3.05, 3.63) is 29.3 Å². The van der Waals surface area contributed by atoms with Crippen LogP contribution >= 0.6 is 11.6 Å². The van der Waals surface area contributed by atoms with Gasteiger partial charge in [0, 0.05) is 22.5 Å². The van der Waals surface area contributed by atoms with E-state index in [0.717, 1.165) is 24.1 Å². The van der Waals surface area contributed by atoms with Crippen LogP contribution in [0, 0.1) is 11.8 Å². The Balaban J connectivity index is 1.77. The Morgan fingerprint density at radius 2 is 2.05 bits per heavy atom. The summed E-state index contributed by atoms with van der Waals surface area (Å²) in [5.74, 6) is 1.61. The maximum absolute atomic E-state index is 12.0. The van der Waals surface area contributed by atoms with Crippen LogP contribution in [-0.2, 0) is 4.79 Å². The van der Waals surface area contributed by atoms with Crippen LogP contribution in [0.1, 0.15) is 26.7 Å². The molecule has 110 valence electrons. The number of halogens is 1. The molecule has 0 radical (unpaired) electrons. The van der Waals surface area contributed by atoms with E-state index in [-0.39, 0.29) is 5.91 Å². The van der Waals surface area contributed by atoms with E-state index in [4.69, 9.17) is 11.6 Å². The average molecular weight is 296 g/mol. The van der Waals surface area contributed by atoms with E-state index in [1.807, 2.05) is 12.1 Å². The number of likely N-dealkylation sites (tertiary alicyclic amines) is 1. The number of nitrogens with one attached hydrogen (secondary N) is 2. The number of hydrogen-bond donors (Lipinski definition) is 2. The quantitative estimate of drug-likeness (QED) is 0.877. The molecule has 20 heavy (non-hydrogen) atoms. The van der Waals surface area contributed by atoms with Crippen molar-refractivity contribution in [1.29, 1.82) is 0 Å². The molecule has 4 heteroatoms. The Bertz CT molecular complexity index is 454. The van der Waals surface area contributed by atoms with Crippen molar-refractivity contribution in [1.82, 2.24) is 0 Å². The lowest BCUT2D eigenvalue weighted by molar-refractivity contribution is -0.911. The van der Waals surface area contributed by atoms with Crippen LogP contribution in [0.3, 0.4) is 0 Å². The fourth-order valence-electron chi connectivity index (χ4n) is 3.21. The van der Waals surface area contributed by atoms with Crippen LogP contribution in [0.15, 0.2) is 24.3 Å². The molecule has 1 aliphatic heterocycles. The van der Waals surface area contributed by atoms with Crippen molar-refractivity contribution in [2.75, 3.05) is 25.0 Å². The molecule has 1 aliphatic rings. The molecule has 2 N–H and O–H groups in total. The monoisotopic (exact) mass is 295 g/mol. The van der Waals surface area contributed by atoms with Gasteiger partial charge in [0.1, 0.15) is 0 Å². The first-order valence-electron chi connectivity index (χ1n) is 7.42. The second-order valence-corrected chi connectivity index (χ2v) is 6.60. The molecule has 1 aromatic carbocycles. The summed E-state index contributed by atoms with van der Waals surface area (Å²) >= 11 is 5.90. The first-order valence-corrected chi connectivity index (χ1v) is 7.79. The van der Waals surface area contributed by atoms with Crippen molar-refractivity contribution in [2.24, 2.45) is 11.8 Å². The molecular weight excluding hydrogens is 272 g/mol. The molecule has 3 nitrogen and oxygen atoms in total. The van der Waals surface area contributed by atoms with Gasteiger partial charge in [-0.05, 0) is 24.6 Å². The minimum atomic E-state index is 0.0747. The fourth-order valence-corrected chi connectivity index (χ4v) is 3.40. The highest BCUT2D eigenvalue weighted by molar-refractivity contribution is 6.30. The third kappa shape index (κ3) is 4.80. The lowest BCUT2D eigenvalue weighted by Crippen LogP contribution is -3.14. The smallest absolute Gasteiger partial charge is 0.230 e. The molecule has 0 aliphatic carbocycles. The number of rotatable bonds is 4. The first kappa shape index (κ1) is 15.3. The van der Waals surface area contributed by atoms with E-state index in [0.29, 0.717) is 11.4 Å². The first-order chi connectivity index (χ1) is 9.52. The number of piperidine rings is 1. The Morgan fingerprint density at radius 3 is 2.70 bits per heavy atom. The molecule has 1 saturated heterocycles. The summed E-state index contributed by atoms with van der Waals surface area (Å²) in [6, 6.07) is 7.29. The Hall–Kier alpha value is -1.06. The summed E-state index contributed by atoms with van der Waals surface area (Å²) in [6.45, 7) is 7.91. The molecule has 1 heterocycles. The van der Waals surface area contributed by atoms with Crippen LogP contribution in [0.25, 0.3) is 0 Å². The second-order valence-electron chi connectivity index (χ2n) is 6.16. The highest BCUT2D eigenvalue weighted by atomic mass is 35.5. The highest BCUT2D eigenvalue weighted by Crippen LogP contribution is 2.15. The Morgan fingerprint density at radius 1 is 1.35 bits per heavy atom. The van der Waals surface area contributed by atoms with Crippen LogP contribution in [-0.4, -0.2) is 25.5 Å². The van der Waals surface area contributed by atoms with E-state index in [1.165, 1.54) is 19.5 Å². The summed E-state index contributed by atoms with van der Waals surface area (Å²) in [5, 5.41) is 3.55. The van der Waals surface area contributed by atoms with Crippen molar-refractivity contribution in [3.8, 4) is 0 Å². The summed E-state index contributed by atoms with van der Waals surface area (Å²) in [4.78, 5) is 13.5. The minimum Gasteiger partial charge on any atom is -0.334 e. The van der Waals surface area contributed by atoms with Gasteiger partial charge in [-0.25, -0.2) is 0 Å². The van der Waals surface area contributed by atoms with Gasteiger partial charge in [0.25, 0.3) is 0 Å². The summed E-state index contributed by atoms with van der Waals surface area (Å²) in [7, 11) is 0. The van der Waals surface area contributed by atoms with Gasteiger partial charge in [0.05, 0.1) is 26.1 Å². The molecule has 0 saturated carbocycles. The van der Waals surface area contributed by atoms with Gasteiger partial charge >= 0.3 is 0 Å². The topological polar surface area (TPSA) is 33.5 Å². The van der Waals surface area contributed by atoms with Crippen molar-refractivity contribution in [2.45, 2.75) is 26.7 Å². The SMILES string of the molecule is C[C@@H]1C[C@@H](C)C[NH+](CCC(=O)Nc2cccc(Cl)c2)C1. The van der Waals surface area contributed by atoms with Crippen molar-refractivity contribution >= 4 is 23.2 Å². The third-order valence-electron chi connectivity index (χ3n) is 3.89. The number of quaternary nitrogens is 1. The standard InChI is InChI=1S/C16H23ClN2O/c1-12-8-13(2)11-19(10-12)7-6-16(20)18-15-5-3-4-14(17)9-15/h3-5,9,12-13H,6-8,10-11H2,1-2H3,(H,18,20)/p+1/t12-,13-/m1/s1. The van der Waals surface area contributed by atoms with Crippen LogP contribution in [0.5, 0.6) is 0 Å². The summed E-state index contributed by atoms with van der Waals surface area (Å²) in [5.41, 5.74) is 0.776. The van der Waals surface area contributed by atoms with E-state index in [2.05, 4.69) is 19.2 Å². The Labute approximate surface area is 126 Å². The number of carbonyl (C=O) groups excluding carboxylic acids is 1. The zero-order valence-corrected chi connectivity index (χ0v) is 13.0. The predicted molar refractivity (Wildman–Crippen MR) is 83.2 cm³/mol. The van der Waals surface area contributed by atoms with Crippen LogP contribution < -0.4 is 10.2 Å². The number of hydrogen-bond acceptors (Lipinski definition) is 1. The van der Waals surface area contributed by atoms with E-state index in [9.17, 15) is 4.79 Å². The van der Waals surface area contributed by atoms with Gasteiger partial charge < -0.3 is 10.2 Å². The number of carbonyl (C=O) groups is 1. The molecule has 1 amide bonds. The molecular formula is C16H24ClN2O+. The molecule has 0 spiro atoms. The van der Waals surface area contributed by atoms with Crippen LogP contribution in [0.4, 0.5) is 5.69 Å². The number of amides is 1. The number of anilines is 1. The molecule has 0 unspecified atom stereocenters. The van der Waals surface area contributed by atoms with Crippen molar-refractivity contribution in [3.63, 3.8) is 0 Å². The normalized spacial score (nSPS) is 26.2. The zero-order valence-electron chi connectivity index (χ0n) is 12.3. The maximum Gasteiger partial charge on any atom is 0.230 e. The predicted octanol–water partition coefficient (Wildman–Crippen LogP) is 2.23. The minimum absolute atomic E-state index is 0.0747. The van der Waals surface area contributed by atoms with Gasteiger partial charge in [-0.1, -0.05) is 31.5 Å². The van der Waals surface area contributed by atoms with Gasteiger partial charge in [-0.2, -0.15) is 0 Å². The largest absolute Gasteiger partial charge is 0.334 e. The Kier molecular flexibility index (Phi) is 5.44. The van der Waals surface area contributed by atoms with Crippen LogP contribution in [0.2, 0.25) is 5.02 Å². The van der Waals surface area contributed by atoms with E-state index >= 15 is 0 Å². The van der Waals surface area contributed by atoms with Crippen molar-refractivity contribution < 1.29 is 9.69 Å². The third-order valence-corrected chi connectivity index (χ3v) is 4.13. The molecule has 0 aromatic heterocycles. The lowest BCUT2D eigenvalue weighted by Gasteiger charge is -2.31. The van der Waals surface area contributed by atoms with Gasteiger partial charge in [-0.3, -0.25) is 4.79 Å². The second kappa shape index (κ2) is 7.09. The van der Waals surface area contributed by atoms with Gasteiger partial charge in [0.15, 0.2) is 0 Å². The van der Waals surface area contributed by atoms with E-state index in [1.54, 1.807) is 17.0 Å². The van der Waals surface area contributed by atoms with E-state index < -0.39 is 0 Å². The zero-order chi connectivity index (χ0) is 14.5. The molecule has 1 fully saturated rings. The maximum atomic E-state index is 12.0. The highest BCUT2D eigenvalue weighted by Gasteiger charge is 2.25. The summed E-state index contributed by atoms with van der Waals surface area (Å²) < 4.78 is 0. The molecule has 0 bridgehead atoms. The average Bonchev–Trinajstić information content (AvgIpc) is 2.35.